The number of anilines is 1. The van der Waals surface area contributed by atoms with E-state index in [9.17, 15) is 4.79 Å². The van der Waals surface area contributed by atoms with Gasteiger partial charge in [-0.05, 0) is 43.9 Å². The second-order valence-electron chi connectivity index (χ2n) is 5.43. The van der Waals surface area contributed by atoms with Crippen LogP contribution in [0.15, 0.2) is 18.2 Å². The van der Waals surface area contributed by atoms with Crippen molar-refractivity contribution < 1.29 is 9.53 Å². The van der Waals surface area contributed by atoms with Crippen molar-refractivity contribution in [2.24, 2.45) is 5.92 Å². The molecule has 110 valence electrons. The van der Waals surface area contributed by atoms with Gasteiger partial charge in [-0.25, -0.2) is 0 Å². The van der Waals surface area contributed by atoms with Gasteiger partial charge < -0.3 is 15.8 Å². The molecular formula is C16H24N2O2. The number of nitrogens with one attached hydrogen (secondary N) is 1. The van der Waals surface area contributed by atoms with Crippen molar-refractivity contribution in [1.29, 1.82) is 0 Å². The molecule has 20 heavy (non-hydrogen) atoms. The molecule has 0 unspecified atom stereocenters. The highest BCUT2D eigenvalue weighted by molar-refractivity contribution is 5.95. The lowest BCUT2D eigenvalue weighted by molar-refractivity contribution is 0.0955. The number of carbonyl (C=O) groups excluding carboxylic acids is 1. The SMILES string of the molecule is CCNC(=O)c1ccc(N)c(OCC2CCCCC2)c1. The Kier molecular flexibility index (Phi) is 5.27. The molecule has 1 aliphatic carbocycles. The number of hydrogen-bond donors (Lipinski definition) is 2. The van der Waals surface area contributed by atoms with Gasteiger partial charge in [0.2, 0.25) is 0 Å². The number of amides is 1. The molecule has 1 aromatic rings. The zero-order valence-corrected chi connectivity index (χ0v) is 12.2. The van der Waals surface area contributed by atoms with E-state index < -0.39 is 0 Å². The van der Waals surface area contributed by atoms with Crippen LogP contribution in [0.4, 0.5) is 5.69 Å². The summed E-state index contributed by atoms with van der Waals surface area (Å²) in [7, 11) is 0. The highest BCUT2D eigenvalue weighted by Gasteiger charge is 2.15. The molecule has 4 nitrogen and oxygen atoms in total. The molecule has 1 aliphatic rings. The minimum atomic E-state index is -0.0879. The topological polar surface area (TPSA) is 64.4 Å². The minimum Gasteiger partial charge on any atom is -0.491 e. The number of nitrogen functional groups attached to an aromatic ring is 1. The fourth-order valence-corrected chi connectivity index (χ4v) is 2.62. The van der Waals surface area contributed by atoms with E-state index in [1.807, 2.05) is 6.92 Å². The number of nitrogens with two attached hydrogens (primary N) is 1. The third kappa shape index (κ3) is 3.89. The summed E-state index contributed by atoms with van der Waals surface area (Å²) < 4.78 is 5.84. The number of rotatable bonds is 5. The predicted molar refractivity (Wildman–Crippen MR) is 80.9 cm³/mol. The summed E-state index contributed by atoms with van der Waals surface area (Å²) in [5.74, 6) is 1.16. The van der Waals surface area contributed by atoms with Crippen LogP contribution in [0.1, 0.15) is 49.4 Å². The van der Waals surface area contributed by atoms with Crippen LogP contribution in [0, 0.1) is 5.92 Å². The Morgan fingerprint density at radius 1 is 1.35 bits per heavy atom. The lowest BCUT2D eigenvalue weighted by Crippen LogP contribution is -2.22. The van der Waals surface area contributed by atoms with Crippen molar-refractivity contribution in [1.82, 2.24) is 5.32 Å². The van der Waals surface area contributed by atoms with E-state index in [0.29, 0.717) is 36.1 Å². The summed E-state index contributed by atoms with van der Waals surface area (Å²) in [5, 5.41) is 2.78. The summed E-state index contributed by atoms with van der Waals surface area (Å²) in [4.78, 5) is 11.8. The van der Waals surface area contributed by atoms with Crippen LogP contribution in [0.25, 0.3) is 0 Å². The molecule has 0 spiro atoms. The molecule has 3 N–H and O–H groups in total. The molecular weight excluding hydrogens is 252 g/mol. The number of carbonyl (C=O) groups is 1. The molecule has 1 fully saturated rings. The molecule has 0 heterocycles. The second kappa shape index (κ2) is 7.17. The molecule has 2 rings (SSSR count). The van der Waals surface area contributed by atoms with E-state index in [1.165, 1.54) is 32.1 Å². The number of benzene rings is 1. The molecule has 1 saturated carbocycles. The van der Waals surface area contributed by atoms with Gasteiger partial charge in [0, 0.05) is 12.1 Å². The third-order valence-electron chi connectivity index (χ3n) is 3.81. The van der Waals surface area contributed by atoms with Gasteiger partial charge in [0.1, 0.15) is 5.75 Å². The average molecular weight is 276 g/mol. The van der Waals surface area contributed by atoms with Crippen LogP contribution in [-0.4, -0.2) is 19.1 Å². The number of ether oxygens (including phenoxy) is 1. The van der Waals surface area contributed by atoms with Gasteiger partial charge in [0.25, 0.3) is 5.91 Å². The first-order chi connectivity index (χ1) is 9.70. The van der Waals surface area contributed by atoms with Crippen LogP contribution < -0.4 is 15.8 Å². The first-order valence-corrected chi connectivity index (χ1v) is 7.51. The summed E-state index contributed by atoms with van der Waals surface area (Å²) in [5.41, 5.74) is 7.11. The molecule has 0 bridgehead atoms. The van der Waals surface area contributed by atoms with E-state index in [-0.39, 0.29) is 5.91 Å². The molecule has 4 heteroatoms. The molecule has 1 amide bonds. The van der Waals surface area contributed by atoms with E-state index in [4.69, 9.17) is 10.5 Å². The summed E-state index contributed by atoms with van der Waals surface area (Å²) >= 11 is 0. The van der Waals surface area contributed by atoms with Gasteiger partial charge in [0.05, 0.1) is 12.3 Å². The Balaban J connectivity index is 1.98. The zero-order chi connectivity index (χ0) is 14.4. The van der Waals surface area contributed by atoms with Crippen molar-refractivity contribution in [3.8, 4) is 5.75 Å². The van der Waals surface area contributed by atoms with E-state index in [1.54, 1.807) is 18.2 Å². The quantitative estimate of drug-likeness (QED) is 0.813. The van der Waals surface area contributed by atoms with Gasteiger partial charge >= 0.3 is 0 Å². The van der Waals surface area contributed by atoms with Crippen molar-refractivity contribution in [3.63, 3.8) is 0 Å². The van der Waals surface area contributed by atoms with Crippen LogP contribution in [0.5, 0.6) is 5.75 Å². The summed E-state index contributed by atoms with van der Waals surface area (Å²) in [6.45, 7) is 3.21. The largest absolute Gasteiger partial charge is 0.491 e. The van der Waals surface area contributed by atoms with Crippen molar-refractivity contribution in [2.75, 3.05) is 18.9 Å². The second-order valence-corrected chi connectivity index (χ2v) is 5.43. The maximum atomic E-state index is 11.8. The smallest absolute Gasteiger partial charge is 0.251 e. The monoisotopic (exact) mass is 276 g/mol. The highest BCUT2D eigenvalue weighted by Crippen LogP contribution is 2.27. The normalized spacial score (nSPS) is 15.8. The molecule has 0 aliphatic heterocycles. The zero-order valence-electron chi connectivity index (χ0n) is 12.2. The van der Waals surface area contributed by atoms with Gasteiger partial charge in [-0.3, -0.25) is 4.79 Å². The maximum absolute atomic E-state index is 11.8. The lowest BCUT2D eigenvalue weighted by Gasteiger charge is -2.22. The fraction of sp³-hybridized carbons (Fsp3) is 0.562. The van der Waals surface area contributed by atoms with Crippen LogP contribution in [0.3, 0.4) is 0 Å². The Labute approximate surface area is 120 Å². The Morgan fingerprint density at radius 3 is 2.80 bits per heavy atom. The Bertz CT molecular complexity index is 454. The maximum Gasteiger partial charge on any atom is 0.251 e. The van der Waals surface area contributed by atoms with Gasteiger partial charge in [-0.2, -0.15) is 0 Å². The minimum absolute atomic E-state index is 0.0879. The molecule has 0 atom stereocenters. The van der Waals surface area contributed by atoms with Gasteiger partial charge in [-0.1, -0.05) is 19.3 Å². The molecule has 0 saturated heterocycles. The number of hydrogen-bond acceptors (Lipinski definition) is 3. The van der Waals surface area contributed by atoms with E-state index in [0.717, 1.165) is 0 Å². The lowest BCUT2D eigenvalue weighted by atomic mass is 9.90. The van der Waals surface area contributed by atoms with Crippen molar-refractivity contribution in [2.45, 2.75) is 39.0 Å². The van der Waals surface area contributed by atoms with Crippen LogP contribution in [-0.2, 0) is 0 Å². The van der Waals surface area contributed by atoms with Crippen molar-refractivity contribution in [3.05, 3.63) is 23.8 Å². The standard InChI is InChI=1S/C16H24N2O2/c1-2-18-16(19)13-8-9-14(17)15(10-13)20-11-12-6-4-3-5-7-12/h8-10,12H,2-7,11,17H2,1H3,(H,18,19). The molecule has 0 radical (unpaired) electrons. The van der Waals surface area contributed by atoms with Gasteiger partial charge in [0.15, 0.2) is 0 Å². The highest BCUT2D eigenvalue weighted by atomic mass is 16.5. The molecule has 1 aromatic carbocycles. The average Bonchev–Trinajstić information content (AvgIpc) is 2.47. The van der Waals surface area contributed by atoms with E-state index in [2.05, 4.69) is 5.32 Å². The first kappa shape index (κ1) is 14.7. The fourth-order valence-electron chi connectivity index (χ4n) is 2.62. The van der Waals surface area contributed by atoms with Gasteiger partial charge in [-0.15, -0.1) is 0 Å². The third-order valence-corrected chi connectivity index (χ3v) is 3.81. The Morgan fingerprint density at radius 2 is 2.10 bits per heavy atom. The first-order valence-electron chi connectivity index (χ1n) is 7.51. The van der Waals surface area contributed by atoms with E-state index >= 15 is 0 Å². The Hall–Kier alpha value is -1.71. The summed E-state index contributed by atoms with van der Waals surface area (Å²) in [6, 6.07) is 5.21. The summed E-state index contributed by atoms with van der Waals surface area (Å²) in [6.07, 6.45) is 6.39. The van der Waals surface area contributed by atoms with Crippen LogP contribution >= 0.6 is 0 Å². The predicted octanol–water partition coefficient (Wildman–Crippen LogP) is 2.98. The molecule has 0 aromatic heterocycles. The van der Waals surface area contributed by atoms with Crippen LogP contribution in [0.2, 0.25) is 0 Å². The van der Waals surface area contributed by atoms with Crippen molar-refractivity contribution >= 4 is 11.6 Å².